The molecule has 0 aromatic carbocycles. The largest absolute Gasteiger partial charge is 0.366 e. The first kappa shape index (κ1) is 14.7. The highest BCUT2D eigenvalue weighted by Crippen LogP contribution is 2.11. The van der Waals surface area contributed by atoms with Gasteiger partial charge in [0.15, 0.2) is 0 Å². The molecular weight excluding hydrogens is 198 g/mol. The maximum atomic E-state index is 11.1. The van der Waals surface area contributed by atoms with Crippen LogP contribution >= 0.6 is 0 Å². The monoisotopic (exact) mass is 221 g/mol. The Labute approximate surface area is 98.9 Å². The van der Waals surface area contributed by atoms with E-state index < -0.39 is 0 Å². The molecule has 0 spiro atoms. The summed E-state index contributed by atoms with van der Waals surface area (Å²) < 4.78 is 0. The molecule has 0 saturated heterocycles. The van der Waals surface area contributed by atoms with Crippen molar-refractivity contribution in [2.24, 2.45) is 11.7 Å². The van der Waals surface area contributed by atoms with Gasteiger partial charge in [-0.15, -0.1) is 0 Å². The molecule has 0 heterocycles. The molecule has 0 aliphatic rings. The van der Waals surface area contributed by atoms with E-state index >= 15 is 0 Å². The predicted molar refractivity (Wildman–Crippen MR) is 69.9 cm³/mol. The van der Waals surface area contributed by atoms with Crippen LogP contribution in [0.3, 0.4) is 0 Å². The van der Waals surface area contributed by atoms with Crippen LogP contribution in [0.15, 0.2) is 36.0 Å². The summed E-state index contributed by atoms with van der Waals surface area (Å²) >= 11 is 0. The zero-order valence-electron chi connectivity index (χ0n) is 10.6. The SMILES string of the molecule is CC=CC=CCCC=C(CC(C)C)C(N)=O. The molecule has 16 heavy (non-hydrogen) atoms. The zero-order valence-corrected chi connectivity index (χ0v) is 10.6. The van der Waals surface area contributed by atoms with E-state index in [-0.39, 0.29) is 5.91 Å². The molecule has 2 N–H and O–H groups in total. The fourth-order valence-corrected chi connectivity index (χ4v) is 1.36. The summed E-state index contributed by atoms with van der Waals surface area (Å²) in [5.74, 6) is 0.184. The average molecular weight is 221 g/mol. The van der Waals surface area contributed by atoms with Gasteiger partial charge < -0.3 is 5.73 Å². The minimum Gasteiger partial charge on any atom is -0.366 e. The molecule has 0 aromatic rings. The molecule has 0 aliphatic carbocycles. The summed E-state index contributed by atoms with van der Waals surface area (Å²) in [6.45, 7) is 6.16. The Morgan fingerprint density at radius 2 is 1.94 bits per heavy atom. The molecular formula is C14H23NO. The normalized spacial score (nSPS) is 13.1. The number of rotatable bonds is 7. The molecule has 90 valence electrons. The average Bonchev–Trinajstić information content (AvgIpc) is 2.20. The molecule has 2 nitrogen and oxygen atoms in total. The maximum absolute atomic E-state index is 11.1. The number of allylic oxidation sites excluding steroid dienone is 5. The Morgan fingerprint density at radius 3 is 2.44 bits per heavy atom. The van der Waals surface area contributed by atoms with Gasteiger partial charge in [-0.25, -0.2) is 0 Å². The fourth-order valence-electron chi connectivity index (χ4n) is 1.36. The van der Waals surface area contributed by atoms with Gasteiger partial charge in [0.2, 0.25) is 5.91 Å². The van der Waals surface area contributed by atoms with E-state index in [0.717, 1.165) is 24.8 Å². The molecule has 0 saturated carbocycles. The molecule has 0 aliphatic heterocycles. The second-order valence-corrected chi connectivity index (χ2v) is 4.22. The van der Waals surface area contributed by atoms with E-state index in [1.807, 2.05) is 31.2 Å². The fraction of sp³-hybridized carbons (Fsp3) is 0.500. The van der Waals surface area contributed by atoms with Gasteiger partial charge in [-0.05, 0) is 32.1 Å². The minimum absolute atomic E-state index is 0.286. The highest BCUT2D eigenvalue weighted by Gasteiger charge is 2.06. The van der Waals surface area contributed by atoms with E-state index in [1.165, 1.54) is 0 Å². The van der Waals surface area contributed by atoms with E-state index in [0.29, 0.717) is 5.92 Å². The molecule has 0 bridgehead atoms. The lowest BCUT2D eigenvalue weighted by molar-refractivity contribution is -0.114. The summed E-state index contributed by atoms with van der Waals surface area (Å²) in [5, 5.41) is 0. The Bertz CT molecular complexity index is 285. The van der Waals surface area contributed by atoms with Crippen molar-refractivity contribution in [2.75, 3.05) is 0 Å². The van der Waals surface area contributed by atoms with Gasteiger partial charge in [0.1, 0.15) is 0 Å². The lowest BCUT2D eigenvalue weighted by Gasteiger charge is -2.05. The molecule has 0 aromatic heterocycles. The van der Waals surface area contributed by atoms with Gasteiger partial charge in [-0.2, -0.15) is 0 Å². The van der Waals surface area contributed by atoms with Gasteiger partial charge in [0.25, 0.3) is 0 Å². The zero-order chi connectivity index (χ0) is 12.4. The predicted octanol–water partition coefficient (Wildman–Crippen LogP) is 3.36. The van der Waals surface area contributed by atoms with E-state index in [4.69, 9.17) is 5.73 Å². The van der Waals surface area contributed by atoms with Crippen molar-refractivity contribution in [3.05, 3.63) is 36.0 Å². The first-order valence-electron chi connectivity index (χ1n) is 5.84. The third-order valence-corrected chi connectivity index (χ3v) is 2.11. The second kappa shape index (κ2) is 8.96. The van der Waals surface area contributed by atoms with Crippen LogP contribution in [0.2, 0.25) is 0 Å². The van der Waals surface area contributed by atoms with Crippen LogP contribution in [0.1, 0.15) is 40.0 Å². The standard InChI is InChI=1S/C14H23NO/c1-4-5-6-7-8-9-10-13(14(15)16)11-12(2)3/h4-7,10,12H,8-9,11H2,1-3H3,(H2,15,16). The molecule has 2 heteroatoms. The van der Waals surface area contributed by atoms with Crippen LogP contribution in [0.25, 0.3) is 0 Å². The number of hydrogen-bond donors (Lipinski definition) is 1. The minimum atomic E-state index is -0.286. The van der Waals surface area contributed by atoms with Gasteiger partial charge in [0, 0.05) is 5.57 Å². The van der Waals surface area contributed by atoms with Gasteiger partial charge in [-0.3, -0.25) is 4.79 Å². The molecule has 0 unspecified atom stereocenters. The number of nitrogens with two attached hydrogens (primary N) is 1. The third kappa shape index (κ3) is 8.04. The van der Waals surface area contributed by atoms with E-state index in [2.05, 4.69) is 19.9 Å². The highest BCUT2D eigenvalue weighted by atomic mass is 16.1. The van der Waals surface area contributed by atoms with Crippen molar-refractivity contribution in [3.8, 4) is 0 Å². The van der Waals surface area contributed by atoms with Gasteiger partial charge in [0.05, 0.1) is 0 Å². The number of unbranched alkanes of at least 4 members (excludes halogenated alkanes) is 1. The van der Waals surface area contributed by atoms with Crippen LogP contribution in [-0.2, 0) is 4.79 Å². The summed E-state index contributed by atoms with van der Waals surface area (Å²) in [6.07, 6.45) is 12.6. The number of hydrogen-bond acceptors (Lipinski definition) is 1. The Kier molecular flexibility index (Phi) is 8.22. The highest BCUT2D eigenvalue weighted by molar-refractivity contribution is 5.91. The number of amides is 1. The lowest BCUT2D eigenvalue weighted by Crippen LogP contribution is -2.15. The van der Waals surface area contributed by atoms with Crippen LogP contribution in [-0.4, -0.2) is 5.91 Å². The summed E-state index contributed by atoms with van der Waals surface area (Å²) in [4.78, 5) is 11.1. The molecule has 1 amide bonds. The Morgan fingerprint density at radius 1 is 1.25 bits per heavy atom. The van der Waals surface area contributed by atoms with Crippen molar-refractivity contribution < 1.29 is 4.79 Å². The summed E-state index contributed by atoms with van der Waals surface area (Å²) in [6, 6.07) is 0. The molecule has 0 atom stereocenters. The number of carbonyl (C=O) groups excluding carboxylic acids is 1. The van der Waals surface area contributed by atoms with Crippen molar-refractivity contribution >= 4 is 5.91 Å². The number of carbonyl (C=O) groups is 1. The van der Waals surface area contributed by atoms with Gasteiger partial charge >= 0.3 is 0 Å². The van der Waals surface area contributed by atoms with E-state index in [9.17, 15) is 4.79 Å². The Balaban J connectivity index is 4.09. The van der Waals surface area contributed by atoms with Crippen molar-refractivity contribution in [1.29, 1.82) is 0 Å². The van der Waals surface area contributed by atoms with Crippen LogP contribution in [0.4, 0.5) is 0 Å². The molecule has 0 rings (SSSR count). The molecule has 0 fully saturated rings. The number of primary amides is 1. The topological polar surface area (TPSA) is 43.1 Å². The van der Waals surface area contributed by atoms with Crippen LogP contribution in [0, 0.1) is 5.92 Å². The first-order valence-corrected chi connectivity index (χ1v) is 5.84. The smallest absolute Gasteiger partial charge is 0.244 e. The summed E-state index contributed by atoms with van der Waals surface area (Å²) in [7, 11) is 0. The quantitative estimate of drug-likeness (QED) is 0.400. The Hall–Kier alpha value is -1.31. The summed E-state index contributed by atoms with van der Waals surface area (Å²) in [5.41, 5.74) is 6.07. The lowest BCUT2D eigenvalue weighted by atomic mass is 10.0. The third-order valence-electron chi connectivity index (χ3n) is 2.11. The first-order chi connectivity index (χ1) is 7.57. The van der Waals surface area contributed by atoms with Crippen LogP contribution in [0.5, 0.6) is 0 Å². The van der Waals surface area contributed by atoms with Crippen molar-refractivity contribution in [3.63, 3.8) is 0 Å². The van der Waals surface area contributed by atoms with Crippen LogP contribution < -0.4 is 5.73 Å². The van der Waals surface area contributed by atoms with Crippen molar-refractivity contribution in [2.45, 2.75) is 40.0 Å². The maximum Gasteiger partial charge on any atom is 0.244 e. The second-order valence-electron chi connectivity index (χ2n) is 4.22. The molecule has 0 radical (unpaired) electrons. The van der Waals surface area contributed by atoms with Crippen molar-refractivity contribution in [1.82, 2.24) is 0 Å². The van der Waals surface area contributed by atoms with Gasteiger partial charge in [-0.1, -0.05) is 44.2 Å². The van der Waals surface area contributed by atoms with E-state index in [1.54, 1.807) is 0 Å².